The van der Waals surface area contributed by atoms with Gasteiger partial charge in [0.25, 0.3) is 0 Å². The molecule has 5 unspecified atom stereocenters. The fraction of sp³-hybridized carbons (Fsp3) is 0.633. The van der Waals surface area contributed by atoms with Crippen LogP contribution in [0.25, 0.3) is 0 Å². The van der Waals surface area contributed by atoms with Gasteiger partial charge in [-0.05, 0) is 123 Å². The number of carbonyl (C=O) groups is 1. The number of ketones is 1. The lowest BCUT2D eigenvalue weighted by Crippen LogP contribution is -2.45. The van der Waals surface area contributed by atoms with E-state index in [0.717, 1.165) is 38.5 Å². The van der Waals surface area contributed by atoms with Gasteiger partial charge in [0.2, 0.25) is 0 Å². The van der Waals surface area contributed by atoms with Crippen LogP contribution in [0.1, 0.15) is 87.7 Å². The van der Waals surface area contributed by atoms with Crippen molar-refractivity contribution in [3.63, 3.8) is 0 Å². The summed E-state index contributed by atoms with van der Waals surface area (Å²) in [7, 11) is 2.23. The van der Waals surface area contributed by atoms with Gasteiger partial charge in [-0.25, -0.2) is 0 Å². The molecule has 0 radical (unpaired) electrons. The summed E-state index contributed by atoms with van der Waals surface area (Å²) in [6.45, 7) is 4.75. The number of fused-ring (bicyclic) bond motifs is 4. The number of aliphatic hydroxyl groups excluding tert-OH is 1. The van der Waals surface area contributed by atoms with Crippen LogP contribution in [0.15, 0.2) is 47.1 Å². The highest BCUT2D eigenvalue weighted by atomic mass is 16.3. The smallest absolute Gasteiger partial charge is 0.156 e. The van der Waals surface area contributed by atoms with E-state index < -0.39 is 0 Å². The van der Waals surface area contributed by atoms with Crippen molar-refractivity contribution in [3.05, 3.63) is 58.2 Å². The van der Waals surface area contributed by atoms with E-state index in [0.29, 0.717) is 35.9 Å². The van der Waals surface area contributed by atoms with E-state index in [1.807, 2.05) is 6.08 Å². The lowest BCUT2D eigenvalue weighted by molar-refractivity contribution is -0.114. The minimum absolute atomic E-state index is 0.0116. The fourth-order valence-corrected chi connectivity index (χ4v) is 8.27. The third-order valence-corrected chi connectivity index (χ3v) is 10.2. The normalized spacial score (nSPS) is 37.4. The predicted molar refractivity (Wildman–Crippen MR) is 132 cm³/mol. The van der Waals surface area contributed by atoms with Gasteiger partial charge in [0.1, 0.15) is 0 Å². The first-order chi connectivity index (χ1) is 15.9. The third kappa shape index (κ3) is 3.58. The van der Waals surface area contributed by atoms with E-state index >= 15 is 0 Å². The Morgan fingerprint density at radius 1 is 0.939 bits per heavy atom. The highest BCUT2D eigenvalue weighted by Crippen LogP contribution is 2.63. The SMILES string of the molecule is CN1CCC(c2ccc(C3CC4(C)C(O)CCC4C4CCC5=CC(=O)CCC5=C34)cc2)CC1. The number of hydrogen-bond acceptors (Lipinski definition) is 3. The summed E-state index contributed by atoms with van der Waals surface area (Å²) in [5.74, 6) is 2.53. The Morgan fingerprint density at radius 2 is 1.67 bits per heavy atom. The van der Waals surface area contributed by atoms with E-state index in [-0.39, 0.29) is 11.5 Å². The molecule has 0 amide bonds. The standard InChI is InChI=1S/C30H39NO2/c1-30-18-26(21-5-3-19(4-6-21)20-13-15-31(2)16-14-20)29-24-10-8-23(32)17-22(24)7-9-25(29)27(30)11-12-28(30)33/h3-6,17,20,25-28,33H,7-16,18H2,1-2H3. The molecule has 2 saturated carbocycles. The van der Waals surface area contributed by atoms with Gasteiger partial charge >= 0.3 is 0 Å². The molecule has 1 N–H and O–H groups in total. The number of hydrogen-bond donors (Lipinski definition) is 1. The number of allylic oxidation sites excluding steroid dienone is 4. The van der Waals surface area contributed by atoms with E-state index in [2.05, 4.69) is 43.1 Å². The first kappa shape index (κ1) is 21.8. The summed E-state index contributed by atoms with van der Waals surface area (Å²) in [5.41, 5.74) is 7.41. The lowest BCUT2D eigenvalue weighted by atomic mass is 9.53. The monoisotopic (exact) mass is 445 g/mol. The van der Waals surface area contributed by atoms with Crippen LogP contribution in [0.5, 0.6) is 0 Å². The maximum absolute atomic E-state index is 12.2. The molecule has 6 rings (SSSR count). The Kier molecular flexibility index (Phi) is 5.42. The molecular formula is C30H39NO2. The number of benzene rings is 1. The van der Waals surface area contributed by atoms with Crippen LogP contribution in [0.4, 0.5) is 0 Å². The highest BCUT2D eigenvalue weighted by Gasteiger charge is 2.56. The summed E-state index contributed by atoms with van der Waals surface area (Å²) in [6, 6.07) is 9.60. The van der Waals surface area contributed by atoms with Gasteiger partial charge in [0.05, 0.1) is 6.10 Å². The number of nitrogens with zero attached hydrogens (tertiary/aromatic N) is 1. The molecular weight excluding hydrogens is 406 g/mol. The van der Waals surface area contributed by atoms with Crippen LogP contribution < -0.4 is 0 Å². The van der Waals surface area contributed by atoms with Crippen molar-refractivity contribution >= 4 is 5.78 Å². The van der Waals surface area contributed by atoms with Gasteiger partial charge in [-0.3, -0.25) is 4.79 Å². The van der Waals surface area contributed by atoms with E-state index in [9.17, 15) is 9.90 Å². The molecule has 0 aromatic heterocycles. The minimum atomic E-state index is -0.181. The molecule has 0 bridgehead atoms. The Morgan fingerprint density at radius 3 is 2.42 bits per heavy atom. The van der Waals surface area contributed by atoms with Gasteiger partial charge < -0.3 is 10.0 Å². The number of likely N-dealkylation sites (tertiary alicyclic amines) is 1. The Bertz CT molecular complexity index is 997. The molecule has 1 saturated heterocycles. The Labute approximate surface area is 198 Å². The van der Waals surface area contributed by atoms with Crippen LogP contribution >= 0.6 is 0 Å². The molecule has 3 nitrogen and oxygen atoms in total. The molecule has 1 aromatic carbocycles. The molecule has 3 fully saturated rings. The molecule has 1 aromatic rings. The zero-order valence-electron chi connectivity index (χ0n) is 20.4. The Balaban J connectivity index is 1.39. The molecule has 5 atom stereocenters. The van der Waals surface area contributed by atoms with E-state index in [1.54, 1.807) is 5.57 Å². The van der Waals surface area contributed by atoms with Crippen molar-refractivity contribution < 1.29 is 9.90 Å². The van der Waals surface area contributed by atoms with Gasteiger partial charge in [0.15, 0.2) is 5.78 Å². The molecule has 33 heavy (non-hydrogen) atoms. The number of rotatable bonds is 2. The molecule has 176 valence electrons. The predicted octanol–water partition coefficient (Wildman–Crippen LogP) is 5.76. The largest absolute Gasteiger partial charge is 0.393 e. The zero-order valence-corrected chi connectivity index (χ0v) is 20.4. The van der Waals surface area contributed by atoms with Crippen molar-refractivity contribution in [1.29, 1.82) is 0 Å². The first-order valence-electron chi connectivity index (χ1n) is 13.4. The molecule has 3 heteroatoms. The summed E-state index contributed by atoms with van der Waals surface area (Å²) >= 11 is 0. The number of piperidine rings is 1. The minimum Gasteiger partial charge on any atom is -0.393 e. The number of aliphatic hydroxyl groups is 1. The average molecular weight is 446 g/mol. The van der Waals surface area contributed by atoms with Crippen LogP contribution in [-0.4, -0.2) is 42.0 Å². The van der Waals surface area contributed by atoms with Crippen LogP contribution in [0, 0.1) is 17.3 Å². The average Bonchev–Trinajstić information content (AvgIpc) is 3.13. The highest BCUT2D eigenvalue weighted by molar-refractivity contribution is 5.93. The van der Waals surface area contributed by atoms with Crippen molar-refractivity contribution in [3.8, 4) is 0 Å². The fourth-order valence-electron chi connectivity index (χ4n) is 8.27. The van der Waals surface area contributed by atoms with Gasteiger partial charge in [-0.15, -0.1) is 0 Å². The molecule has 1 heterocycles. The zero-order chi connectivity index (χ0) is 22.7. The summed E-state index contributed by atoms with van der Waals surface area (Å²) in [5, 5.41) is 11.1. The van der Waals surface area contributed by atoms with E-state index in [1.165, 1.54) is 48.2 Å². The second kappa shape index (κ2) is 8.20. The second-order valence-corrected chi connectivity index (χ2v) is 11.9. The maximum Gasteiger partial charge on any atom is 0.156 e. The van der Waals surface area contributed by atoms with Gasteiger partial charge in [-0.2, -0.15) is 0 Å². The second-order valence-electron chi connectivity index (χ2n) is 11.9. The molecule has 4 aliphatic carbocycles. The number of carbonyl (C=O) groups excluding carboxylic acids is 1. The van der Waals surface area contributed by atoms with Crippen LogP contribution in [0.2, 0.25) is 0 Å². The summed E-state index contributed by atoms with van der Waals surface area (Å²) in [4.78, 5) is 14.6. The van der Waals surface area contributed by atoms with Crippen molar-refractivity contribution in [2.45, 2.75) is 82.7 Å². The quantitative estimate of drug-likeness (QED) is 0.629. The van der Waals surface area contributed by atoms with Crippen molar-refractivity contribution in [2.75, 3.05) is 20.1 Å². The first-order valence-corrected chi connectivity index (χ1v) is 13.4. The van der Waals surface area contributed by atoms with Crippen molar-refractivity contribution in [2.24, 2.45) is 17.3 Å². The van der Waals surface area contributed by atoms with E-state index in [4.69, 9.17) is 0 Å². The van der Waals surface area contributed by atoms with Crippen molar-refractivity contribution in [1.82, 2.24) is 4.90 Å². The van der Waals surface area contributed by atoms with Crippen LogP contribution in [0.3, 0.4) is 0 Å². The summed E-state index contributed by atoms with van der Waals surface area (Å²) in [6.07, 6.45) is 11.2. The van der Waals surface area contributed by atoms with Gasteiger partial charge in [0, 0.05) is 12.3 Å². The molecule has 0 spiro atoms. The van der Waals surface area contributed by atoms with Crippen LogP contribution in [-0.2, 0) is 4.79 Å². The van der Waals surface area contributed by atoms with Gasteiger partial charge in [-0.1, -0.05) is 36.8 Å². The third-order valence-electron chi connectivity index (χ3n) is 10.2. The molecule has 1 aliphatic heterocycles. The maximum atomic E-state index is 12.2. The Hall–Kier alpha value is -1.71. The lowest BCUT2D eigenvalue weighted by Gasteiger charge is -2.52. The molecule has 5 aliphatic rings. The summed E-state index contributed by atoms with van der Waals surface area (Å²) < 4.78 is 0. The topological polar surface area (TPSA) is 40.5 Å².